The van der Waals surface area contributed by atoms with Gasteiger partial charge in [-0.05, 0) is 24.5 Å². The first-order valence-electron chi connectivity index (χ1n) is 5.29. The van der Waals surface area contributed by atoms with Gasteiger partial charge in [0.05, 0.1) is 0 Å². The molecule has 5 N–H and O–H groups in total. The van der Waals surface area contributed by atoms with Gasteiger partial charge in [-0.1, -0.05) is 24.3 Å². The Balaban J connectivity index is 2.91. The summed E-state index contributed by atoms with van der Waals surface area (Å²) < 4.78 is 0. The van der Waals surface area contributed by atoms with Crippen LogP contribution in [0.2, 0.25) is 0 Å². The first kappa shape index (κ1) is 14.0. The van der Waals surface area contributed by atoms with Crippen LogP contribution in [0.4, 0.5) is 0 Å². The molecule has 4 nitrogen and oxygen atoms in total. The number of hydrogen-bond donors (Lipinski definition) is 3. The third-order valence-electron chi connectivity index (χ3n) is 2.70. The van der Waals surface area contributed by atoms with Crippen LogP contribution in [0.3, 0.4) is 0 Å². The van der Waals surface area contributed by atoms with E-state index in [1.165, 1.54) is 0 Å². The SMILES string of the molecule is C[C@](N)(C[C@H](N)C(=O)O)c1cccc(CCl)c1. The van der Waals surface area contributed by atoms with Crippen molar-refractivity contribution in [3.8, 4) is 0 Å². The number of carboxylic acid groups (broad SMARTS) is 1. The van der Waals surface area contributed by atoms with Crippen LogP contribution in [0.25, 0.3) is 0 Å². The minimum Gasteiger partial charge on any atom is -0.480 e. The summed E-state index contributed by atoms with van der Waals surface area (Å²) >= 11 is 5.75. The lowest BCUT2D eigenvalue weighted by Gasteiger charge is -2.27. The van der Waals surface area contributed by atoms with Gasteiger partial charge in [0, 0.05) is 11.4 Å². The average Bonchev–Trinajstić information content (AvgIpc) is 2.28. The number of carbonyl (C=O) groups is 1. The van der Waals surface area contributed by atoms with E-state index in [9.17, 15) is 4.79 Å². The van der Waals surface area contributed by atoms with Crippen LogP contribution in [0.1, 0.15) is 24.5 Å². The zero-order valence-electron chi connectivity index (χ0n) is 9.69. The largest absolute Gasteiger partial charge is 0.480 e. The van der Waals surface area contributed by atoms with Crippen molar-refractivity contribution in [2.24, 2.45) is 11.5 Å². The predicted molar refractivity (Wildman–Crippen MR) is 67.8 cm³/mol. The third-order valence-corrected chi connectivity index (χ3v) is 3.01. The zero-order chi connectivity index (χ0) is 13.1. The minimum absolute atomic E-state index is 0.175. The Morgan fingerprint density at radius 3 is 2.76 bits per heavy atom. The number of nitrogens with two attached hydrogens (primary N) is 2. The van der Waals surface area contributed by atoms with E-state index in [0.717, 1.165) is 11.1 Å². The molecule has 5 heteroatoms. The molecule has 0 saturated carbocycles. The summed E-state index contributed by atoms with van der Waals surface area (Å²) in [5, 5.41) is 8.79. The van der Waals surface area contributed by atoms with Crippen molar-refractivity contribution < 1.29 is 9.90 Å². The molecule has 0 aliphatic rings. The Morgan fingerprint density at radius 1 is 1.59 bits per heavy atom. The van der Waals surface area contributed by atoms with Crippen molar-refractivity contribution in [2.75, 3.05) is 0 Å². The number of aliphatic carboxylic acids is 1. The van der Waals surface area contributed by atoms with E-state index < -0.39 is 17.6 Å². The topological polar surface area (TPSA) is 89.3 Å². The Morgan fingerprint density at radius 2 is 2.24 bits per heavy atom. The molecule has 17 heavy (non-hydrogen) atoms. The summed E-state index contributed by atoms with van der Waals surface area (Å²) in [4.78, 5) is 10.7. The van der Waals surface area contributed by atoms with Crippen LogP contribution in [-0.4, -0.2) is 17.1 Å². The minimum atomic E-state index is -1.05. The molecular formula is C12H17ClN2O2. The highest BCUT2D eigenvalue weighted by atomic mass is 35.5. The fraction of sp³-hybridized carbons (Fsp3) is 0.417. The summed E-state index contributed by atoms with van der Waals surface area (Å²) in [7, 11) is 0. The lowest BCUT2D eigenvalue weighted by atomic mass is 9.86. The summed E-state index contributed by atoms with van der Waals surface area (Å²) in [6.07, 6.45) is 0.175. The van der Waals surface area contributed by atoms with Gasteiger partial charge in [-0.25, -0.2) is 0 Å². The predicted octanol–water partition coefficient (Wildman–Crippen LogP) is 1.40. The summed E-state index contributed by atoms with van der Waals surface area (Å²) in [5.74, 6) is -0.648. The van der Waals surface area contributed by atoms with Gasteiger partial charge in [-0.2, -0.15) is 0 Å². The molecule has 0 heterocycles. The van der Waals surface area contributed by atoms with Crippen LogP contribution < -0.4 is 11.5 Å². The molecule has 0 fully saturated rings. The van der Waals surface area contributed by atoms with Gasteiger partial charge in [0.15, 0.2) is 0 Å². The van der Waals surface area contributed by atoms with Gasteiger partial charge >= 0.3 is 5.97 Å². The second-order valence-corrected chi connectivity index (χ2v) is 4.67. The maximum absolute atomic E-state index is 10.7. The van der Waals surface area contributed by atoms with Gasteiger partial charge in [-0.3, -0.25) is 4.79 Å². The van der Waals surface area contributed by atoms with Gasteiger partial charge < -0.3 is 16.6 Å². The summed E-state index contributed by atoms with van der Waals surface area (Å²) in [5.41, 5.74) is 12.6. The van der Waals surface area contributed by atoms with Crippen LogP contribution >= 0.6 is 11.6 Å². The fourth-order valence-electron chi connectivity index (χ4n) is 1.67. The van der Waals surface area contributed by atoms with E-state index in [0.29, 0.717) is 5.88 Å². The van der Waals surface area contributed by atoms with Crippen LogP contribution in [0, 0.1) is 0 Å². The average molecular weight is 257 g/mol. The highest BCUT2D eigenvalue weighted by molar-refractivity contribution is 6.17. The number of alkyl halides is 1. The van der Waals surface area contributed by atoms with E-state index in [1.807, 2.05) is 24.3 Å². The first-order valence-corrected chi connectivity index (χ1v) is 5.83. The van der Waals surface area contributed by atoms with Crippen molar-refractivity contribution in [3.63, 3.8) is 0 Å². The monoisotopic (exact) mass is 256 g/mol. The van der Waals surface area contributed by atoms with E-state index in [2.05, 4.69) is 0 Å². The smallest absolute Gasteiger partial charge is 0.320 e. The molecule has 0 aliphatic carbocycles. The maximum Gasteiger partial charge on any atom is 0.320 e. The number of carboxylic acids is 1. The van der Waals surface area contributed by atoms with Crippen molar-refractivity contribution in [1.29, 1.82) is 0 Å². The van der Waals surface area contributed by atoms with Crippen LogP contribution in [-0.2, 0) is 16.2 Å². The maximum atomic E-state index is 10.7. The first-order chi connectivity index (χ1) is 7.86. The van der Waals surface area contributed by atoms with E-state index in [4.69, 9.17) is 28.2 Å². The molecule has 0 aliphatic heterocycles. The van der Waals surface area contributed by atoms with Crippen molar-refractivity contribution in [3.05, 3.63) is 35.4 Å². The van der Waals surface area contributed by atoms with Crippen molar-refractivity contribution in [2.45, 2.75) is 30.8 Å². The van der Waals surface area contributed by atoms with Crippen LogP contribution in [0.5, 0.6) is 0 Å². The van der Waals surface area contributed by atoms with E-state index >= 15 is 0 Å². The van der Waals surface area contributed by atoms with Gasteiger partial charge in [0.1, 0.15) is 6.04 Å². The Bertz CT molecular complexity index is 407. The highest BCUT2D eigenvalue weighted by Crippen LogP contribution is 2.24. The quantitative estimate of drug-likeness (QED) is 0.695. The van der Waals surface area contributed by atoms with Gasteiger partial charge in [-0.15, -0.1) is 11.6 Å². The normalized spacial score (nSPS) is 16.2. The highest BCUT2D eigenvalue weighted by Gasteiger charge is 2.27. The molecular weight excluding hydrogens is 240 g/mol. The Kier molecular flexibility index (Phi) is 4.51. The molecule has 0 radical (unpaired) electrons. The van der Waals surface area contributed by atoms with Gasteiger partial charge in [0.25, 0.3) is 0 Å². The molecule has 94 valence electrons. The molecule has 1 aromatic rings. The Hall–Kier alpha value is -1.10. The second-order valence-electron chi connectivity index (χ2n) is 4.40. The molecule has 1 rings (SSSR count). The second kappa shape index (κ2) is 5.49. The van der Waals surface area contributed by atoms with E-state index in [-0.39, 0.29) is 6.42 Å². The number of rotatable bonds is 5. The lowest BCUT2D eigenvalue weighted by Crippen LogP contribution is -2.43. The number of benzene rings is 1. The Labute approximate surface area is 106 Å². The van der Waals surface area contributed by atoms with Crippen molar-refractivity contribution >= 4 is 17.6 Å². The molecule has 0 spiro atoms. The molecule has 0 saturated heterocycles. The molecule has 0 aromatic heterocycles. The summed E-state index contributed by atoms with van der Waals surface area (Å²) in [6, 6.07) is 6.50. The van der Waals surface area contributed by atoms with Gasteiger partial charge in [0.2, 0.25) is 0 Å². The fourth-order valence-corrected chi connectivity index (χ4v) is 1.84. The molecule has 0 amide bonds. The number of hydrogen-bond acceptors (Lipinski definition) is 3. The molecule has 1 aromatic carbocycles. The molecule has 2 atom stereocenters. The zero-order valence-corrected chi connectivity index (χ0v) is 10.4. The lowest BCUT2D eigenvalue weighted by molar-refractivity contribution is -0.139. The number of halogens is 1. The molecule has 0 bridgehead atoms. The molecule has 0 unspecified atom stereocenters. The van der Waals surface area contributed by atoms with E-state index in [1.54, 1.807) is 6.92 Å². The van der Waals surface area contributed by atoms with Crippen LogP contribution in [0.15, 0.2) is 24.3 Å². The third kappa shape index (κ3) is 3.70. The van der Waals surface area contributed by atoms with Crippen molar-refractivity contribution in [1.82, 2.24) is 0 Å². The summed E-state index contributed by atoms with van der Waals surface area (Å²) in [6.45, 7) is 1.77. The standard InChI is InChI=1S/C12H17ClN2O2/c1-12(15,6-10(14)11(16)17)9-4-2-3-8(5-9)7-13/h2-5,10H,6-7,14-15H2,1H3,(H,16,17)/t10-,12-/m0/s1.